The lowest BCUT2D eigenvalue weighted by molar-refractivity contribution is 0.124. The largest absolute Gasteiger partial charge is 0.493 e. The lowest BCUT2D eigenvalue weighted by atomic mass is 10.2. The Balaban J connectivity index is 1.87. The van der Waals surface area contributed by atoms with E-state index >= 15 is 0 Å². The molecule has 0 aliphatic heterocycles. The number of ether oxygens (including phenoxy) is 2. The molecule has 7 heteroatoms. The van der Waals surface area contributed by atoms with Crippen LogP contribution in [0.25, 0.3) is 6.08 Å². The SMILES string of the molecule is C/C=C/c1ccc(OCC(O)CSc2nncs2)c(OC)c1. The van der Waals surface area contributed by atoms with Gasteiger partial charge in [-0.05, 0) is 24.6 Å². The molecule has 0 radical (unpaired) electrons. The highest BCUT2D eigenvalue weighted by Gasteiger charge is 2.10. The summed E-state index contributed by atoms with van der Waals surface area (Å²) in [5.41, 5.74) is 2.71. The molecule has 2 aromatic rings. The van der Waals surface area contributed by atoms with Gasteiger partial charge in [-0.2, -0.15) is 0 Å². The first-order valence-electron chi connectivity index (χ1n) is 6.73. The van der Waals surface area contributed by atoms with Gasteiger partial charge in [-0.15, -0.1) is 10.2 Å². The molecule has 0 spiro atoms. The molecule has 1 aromatic carbocycles. The quantitative estimate of drug-likeness (QED) is 0.746. The number of aromatic nitrogens is 2. The number of aliphatic hydroxyl groups is 1. The third kappa shape index (κ3) is 5.01. The van der Waals surface area contributed by atoms with E-state index in [-0.39, 0.29) is 6.61 Å². The molecule has 0 aliphatic rings. The van der Waals surface area contributed by atoms with Gasteiger partial charge >= 0.3 is 0 Å². The first-order chi connectivity index (χ1) is 10.7. The van der Waals surface area contributed by atoms with Crippen LogP contribution in [0.1, 0.15) is 12.5 Å². The van der Waals surface area contributed by atoms with Crippen LogP contribution in [0.4, 0.5) is 0 Å². The highest BCUT2D eigenvalue weighted by molar-refractivity contribution is 8.01. The smallest absolute Gasteiger partial charge is 0.174 e. The molecule has 22 heavy (non-hydrogen) atoms. The van der Waals surface area contributed by atoms with E-state index < -0.39 is 6.10 Å². The summed E-state index contributed by atoms with van der Waals surface area (Å²) in [7, 11) is 1.60. The average Bonchev–Trinajstić information content (AvgIpc) is 3.05. The van der Waals surface area contributed by atoms with Crippen molar-refractivity contribution in [2.24, 2.45) is 0 Å². The Morgan fingerprint density at radius 2 is 2.27 bits per heavy atom. The molecule has 0 saturated carbocycles. The number of benzene rings is 1. The fourth-order valence-corrected chi connectivity index (χ4v) is 3.15. The fraction of sp³-hybridized carbons (Fsp3) is 0.333. The molecule has 1 aromatic heterocycles. The Bertz CT molecular complexity index is 603. The van der Waals surface area contributed by atoms with Gasteiger partial charge in [0.1, 0.15) is 12.1 Å². The number of hydrogen-bond acceptors (Lipinski definition) is 7. The van der Waals surface area contributed by atoms with E-state index in [2.05, 4.69) is 10.2 Å². The summed E-state index contributed by atoms with van der Waals surface area (Å²) in [5.74, 6) is 1.78. The molecule has 118 valence electrons. The predicted molar refractivity (Wildman–Crippen MR) is 89.8 cm³/mol. The first kappa shape index (κ1) is 16.8. The summed E-state index contributed by atoms with van der Waals surface area (Å²) in [4.78, 5) is 0. The molecular weight excluding hydrogens is 320 g/mol. The zero-order chi connectivity index (χ0) is 15.8. The van der Waals surface area contributed by atoms with E-state index in [0.717, 1.165) is 9.90 Å². The molecule has 1 heterocycles. The van der Waals surface area contributed by atoms with Gasteiger partial charge in [0.2, 0.25) is 0 Å². The first-order valence-corrected chi connectivity index (χ1v) is 8.60. The average molecular weight is 338 g/mol. The summed E-state index contributed by atoms with van der Waals surface area (Å²) in [6.45, 7) is 2.16. The number of rotatable bonds is 8. The van der Waals surface area contributed by atoms with Gasteiger partial charge in [0.25, 0.3) is 0 Å². The second kappa shape index (κ2) is 8.77. The highest BCUT2D eigenvalue weighted by atomic mass is 32.2. The Hall–Kier alpha value is -1.57. The molecule has 0 saturated heterocycles. The van der Waals surface area contributed by atoms with Crippen molar-refractivity contribution in [3.8, 4) is 11.5 Å². The zero-order valence-corrected chi connectivity index (χ0v) is 14.1. The van der Waals surface area contributed by atoms with Crippen LogP contribution in [0.5, 0.6) is 11.5 Å². The van der Waals surface area contributed by atoms with Crippen LogP contribution < -0.4 is 9.47 Å². The van der Waals surface area contributed by atoms with Gasteiger partial charge in [-0.1, -0.05) is 41.3 Å². The van der Waals surface area contributed by atoms with Crippen molar-refractivity contribution in [2.45, 2.75) is 17.4 Å². The van der Waals surface area contributed by atoms with E-state index in [1.807, 2.05) is 37.3 Å². The zero-order valence-electron chi connectivity index (χ0n) is 12.4. The monoisotopic (exact) mass is 338 g/mol. The van der Waals surface area contributed by atoms with Gasteiger partial charge in [0, 0.05) is 5.75 Å². The minimum Gasteiger partial charge on any atom is -0.493 e. The van der Waals surface area contributed by atoms with E-state index in [4.69, 9.17) is 9.47 Å². The van der Waals surface area contributed by atoms with Crippen molar-refractivity contribution in [2.75, 3.05) is 19.5 Å². The Labute approximate surface area is 138 Å². The Morgan fingerprint density at radius 3 is 2.95 bits per heavy atom. The molecule has 0 aliphatic carbocycles. The molecule has 0 fully saturated rings. The third-order valence-electron chi connectivity index (χ3n) is 2.72. The van der Waals surface area contributed by atoms with Crippen LogP contribution in [0.3, 0.4) is 0 Å². The van der Waals surface area contributed by atoms with Crippen LogP contribution in [-0.2, 0) is 0 Å². The Morgan fingerprint density at radius 1 is 1.41 bits per heavy atom. The van der Waals surface area contributed by atoms with Crippen LogP contribution >= 0.6 is 23.1 Å². The molecule has 0 bridgehead atoms. The van der Waals surface area contributed by atoms with Crippen LogP contribution in [-0.4, -0.2) is 40.9 Å². The summed E-state index contributed by atoms with van der Waals surface area (Å²) in [5, 5.41) is 17.6. The number of nitrogens with zero attached hydrogens (tertiary/aromatic N) is 2. The maximum Gasteiger partial charge on any atom is 0.174 e. The predicted octanol–water partition coefficient (Wildman–Crippen LogP) is 3.11. The molecular formula is C15H18N2O3S2. The van der Waals surface area contributed by atoms with Crippen molar-refractivity contribution in [3.05, 3.63) is 35.3 Å². The van der Waals surface area contributed by atoms with Gasteiger partial charge in [0.05, 0.1) is 13.2 Å². The minimum absolute atomic E-state index is 0.200. The maximum absolute atomic E-state index is 9.97. The second-order valence-corrected chi connectivity index (χ2v) is 6.49. The number of aliphatic hydroxyl groups excluding tert-OH is 1. The maximum atomic E-state index is 9.97. The van der Waals surface area contributed by atoms with Gasteiger partial charge in [-0.25, -0.2) is 0 Å². The minimum atomic E-state index is -0.589. The number of allylic oxidation sites excluding steroid dienone is 1. The Kier molecular flexibility index (Phi) is 6.70. The van der Waals surface area contributed by atoms with Crippen molar-refractivity contribution >= 4 is 29.2 Å². The van der Waals surface area contributed by atoms with Crippen molar-refractivity contribution in [1.82, 2.24) is 10.2 Å². The second-order valence-electron chi connectivity index (χ2n) is 4.39. The van der Waals surface area contributed by atoms with E-state index in [1.165, 1.54) is 23.1 Å². The van der Waals surface area contributed by atoms with Gasteiger partial charge in [0.15, 0.2) is 15.8 Å². The molecule has 5 nitrogen and oxygen atoms in total. The number of hydrogen-bond donors (Lipinski definition) is 1. The lowest BCUT2D eigenvalue weighted by Gasteiger charge is -2.14. The van der Waals surface area contributed by atoms with Gasteiger partial charge in [-0.3, -0.25) is 0 Å². The normalized spacial score (nSPS) is 12.5. The van der Waals surface area contributed by atoms with Gasteiger partial charge < -0.3 is 14.6 Å². The van der Waals surface area contributed by atoms with E-state index in [9.17, 15) is 5.11 Å². The molecule has 1 N–H and O–H groups in total. The van der Waals surface area contributed by atoms with Crippen molar-refractivity contribution < 1.29 is 14.6 Å². The number of thioether (sulfide) groups is 1. The molecule has 0 amide bonds. The highest BCUT2D eigenvalue weighted by Crippen LogP contribution is 2.29. The van der Waals surface area contributed by atoms with Crippen LogP contribution in [0.2, 0.25) is 0 Å². The molecule has 1 unspecified atom stereocenters. The topological polar surface area (TPSA) is 64.5 Å². The van der Waals surface area contributed by atoms with Crippen LogP contribution in [0.15, 0.2) is 34.1 Å². The third-order valence-corrected chi connectivity index (χ3v) is 4.72. The van der Waals surface area contributed by atoms with Crippen molar-refractivity contribution in [3.63, 3.8) is 0 Å². The number of methoxy groups -OCH3 is 1. The summed E-state index contributed by atoms with van der Waals surface area (Å²) in [6.07, 6.45) is 3.36. The standard InChI is InChI=1S/C15H18N2O3S2/c1-3-4-11-5-6-13(14(7-11)19-2)20-8-12(18)9-21-15-17-16-10-22-15/h3-7,10,12,18H,8-9H2,1-2H3/b4-3+. The summed E-state index contributed by atoms with van der Waals surface area (Å²) in [6, 6.07) is 5.69. The fourth-order valence-electron chi connectivity index (χ4n) is 1.73. The van der Waals surface area contributed by atoms with E-state index in [1.54, 1.807) is 12.6 Å². The van der Waals surface area contributed by atoms with Crippen LogP contribution in [0, 0.1) is 0 Å². The van der Waals surface area contributed by atoms with E-state index in [0.29, 0.717) is 17.3 Å². The summed E-state index contributed by atoms with van der Waals surface area (Å²) >= 11 is 2.92. The lowest BCUT2D eigenvalue weighted by Crippen LogP contribution is -2.20. The van der Waals surface area contributed by atoms with Crippen molar-refractivity contribution in [1.29, 1.82) is 0 Å². The summed E-state index contributed by atoms with van der Waals surface area (Å²) < 4.78 is 11.8. The molecule has 2 rings (SSSR count). The molecule has 1 atom stereocenters.